The SMILES string of the molecule is COc1ccc(OC2CCN(C(=O)c3ccc(N(C)C)cc3)CC2)cc1. The monoisotopic (exact) mass is 354 g/mol. The Bertz CT molecular complexity index is 718. The topological polar surface area (TPSA) is 42.0 Å². The van der Waals surface area contributed by atoms with Gasteiger partial charge in [0.05, 0.1) is 7.11 Å². The molecule has 3 rings (SSSR count). The molecule has 0 spiro atoms. The van der Waals surface area contributed by atoms with Gasteiger partial charge in [-0.2, -0.15) is 0 Å². The van der Waals surface area contributed by atoms with Gasteiger partial charge in [0, 0.05) is 51.3 Å². The van der Waals surface area contributed by atoms with Gasteiger partial charge in [-0.3, -0.25) is 4.79 Å². The van der Waals surface area contributed by atoms with Crippen LogP contribution in [0.25, 0.3) is 0 Å². The maximum Gasteiger partial charge on any atom is 0.253 e. The normalized spacial score (nSPS) is 14.8. The van der Waals surface area contributed by atoms with Crippen molar-refractivity contribution in [2.45, 2.75) is 18.9 Å². The molecular formula is C21H26N2O3. The van der Waals surface area contributed by atoms with Gasteiger partial charge < -0.3 is 19.3 Å². The molecule has 26 heavy (non-hydrogen) atoms. The number of rotatable bonds is 5. The molecule has 0 saturated carbocycles. The second kappa shape index (κ2) is 8.13. The Hall–Kier alpha value is -2.69. The molecule has 0 N–H and O–H groups in total. The third-order valence-corrected chi connectivity index (χ3v) is 4.72. The van der Waals surface area contributed by atoms with Crippen molar-refractivity contribution < 1.29 is 14.3 Å². The first kappa shape index (κ1) is 18.1. The van der Waals surface area contributed by atoms with Gasteiger partial charge in [0.15, 0.2) is 0 Å². The lowest BCUT2D eigenvalue weighted by Gasteiger charge is -2.32. The average molecular weight is 354 g/mol. The van der Waals surface area contributed by atoms with Crippen LogP contribution < -0.4 is 14.4 Å². The molecule has 1 aliphatic heterocycles. The number of amides is 1. The van der Waals surface area contributed by atoms with Crippen LogP contribution in [0.5, 0.6) is 11.5 Å². The van der Waals surface area contributed by atoms with Crippen LogP contribution in [0.4, 0.5) is 5.69 Å². The molecule has 0 atom stereocenters. The molecule has 0 radical (unpaired) electrons. The quantitative estimate of drug-likeness (QED) is 0.825. The van der Waals surface area contributed by atoms with E-state index < -0.39 is 0 Å². The van der Waals surface area contributed by atoms with Crippen LogP contribution in [-0.4, -0.2) is 51.2 Å². The van der Waals surface area contributed by atoms with Gasteiger partial charge in [-0.05, 0) is 48.5 Å². The van der Waals surface area contributed by atoms with E-state index in [-0.39, 0.29) is 12.0 Å². The first-order valence-corrected chi connectivity index (χ1v) is 8.94. The number of carbonyl (C=O) groups excluding carboxylic acids is 1. The molecule has 1 heterocycles. The van der Waals surface area contributed by atoms with E-state index in [1.54, 1.807) is 7.11 Å². The lowest BCUT2D eigenvalue weighted by Crippen LogP contribution is -2.41. The van der Waals surface area contributed by atoms with Crippen LogP contribution >= 0.6 is 0 Å². The van der Waals surface area contributed by atoms with Crippen molar-refractivity contribution in [1.82, 2.24) is 4.90 Å². The minimum absolute atomic E-state index is 0.0956. The smallest absolute Gasteiger partial charge is 0.253 e. The minimum Gasteiger partial charge on any atom is -0.497 e. The van der Waals surface area contributed by atoms with E-state index in [1.807, 2.05) is 72.4 Å². The van der Waals surface area contributed by atoms with Gasteiger partial charge in [-0.15, -0.1) is 0 Å². The number of likely N-dealkylation sites (tertiary alicyclic amines) is 1. The summed E-state index contributed by atoms with van der Waals surface area (Å²) < 4.78 is 11.2. The van der Waals surface area contributed by atoms with Gasteiger partial charge in [0.25, 0.3) is 5.91 Å². The Labute approximate surface area is 155 Å². The van der Waals surface area contributed by atoms with E-state index in [2.05, 4.69) is 0 Å². The fourth-order valence-corrected chi connectivity index (χ4v) is 3.11. The highest BCUT2D eigenvalue weighted by Gasteiger charge is 2.24. The summed E-state index contributed by atoms with van der Waals surface area (Å²) in [6, 6.07) is 15.4. The van der Waals surface area contributed by atoms with Gasteiger partial charge in [-0.25, -0.2) is 0 Å². The molecule has 5 nitrogen and oxygen atoms in total. The molecular weight excluding hydrogens is 328 g/mol. The van der Waals surface area contributed by atoms with Crippen LogP contribution in [-0.2, 0) is 0 Å². The van der Waals surface area contributed by atoms with Crippen molar-refractivity contribution in [2.24, 2.45) is 0 Å². The second-order valence-electron chi connectivity index (χ2n) is 6.73. The van der Waals surface area contributed by atoms with Crippen LogP contribution in [0.15, 0.2) is 48.5 Å². The third-order valence-electron chi connectivity index (χ3n) is 4.72. The predicted octanol–water partition coefficient (Wildman–Crippen LogP) is 3.44. The Kier molecular flexibility index (Phi) is 5.66. The molecule has 138 valence electrons. The molecule has 0 bridgehead atoms. The van der Waals surface area contributed by atoms with Crippen molar-refractivity contribution in [3.05, 3.63) is 54.1 Å². The van der Waals surface area contributed by atoms with Crippen molar-refractivity contribution in [3.63, 3.8) is 0 Å². The summed E-state index contributed by atoms with van der Waals surface area (Å²) in [6.45, 7) is 1.43. The summed E-state index contributed by atoms with van der Waals surface area (Å²) in [5, 5.41) is 0. The summed E-state index contributed by atoms with van der Waals surface area (Å²) in [5.41, 5.74) is 1.83. The molecule has 1 saturated heterocycles. The molecule has 2 aromatic rings. The molecule has 0 aromatic heterocycles. The van der Waals surface area contributed by atoms with Crippen LogP contribution in [0.3, 0.4) is 0 Å². The van der Waals surface area contributed by atoms with E-state index in [1.165, 1.54) is 0 Å². The van der Waals surface area contributed by atoms with Crippen molar-refractivity contribution in [1.29, 1.82) is 0 Å². The highest BCUT2D eigenvalue weighted by atomic mass is 16.5. The number of piperidine rings is 1. The zero-order valence-electron chi connectivity index (χ0n) is 15.6. The van der Waals surface area contributed by atoms with Gasteiger partial charge in [-0.1, -0.05) is 0 Å². The molecule has 5 heteroatoms. The number of anilines is 1. The molecule has 1 amide bonds. The summed E-state index contributed by atoms with van der Waals surface area (Å²) in [6.07, 6.45) is 1.82. The number of nitrogens with zero attached hydrogens (tertiary/aromatic N) is 2. The Balaban J connectivity index is 1.53. The highest BCUT2D eigenvalue weighted by molar-refractivity contribution is 5.94. The number of methoxy groups -OCH3 is 1. The molecule has 1 aliphatic rings. The first-order chi connectivity index (χ1) is 12.6. The summed E-state index contributed by atoms with van der Waals surface area (Å²) >= 11 is 0. The Morgan fingerprint density at radius 1 is 0.962 bits per heavy atom. The predicted molar refractivity (Wildman–Crippen MR) is 103 cm³/mol. The Morgan fingerprint density at radius 2 is 1.54 bits per heavy atom. The standard InChI is InChI=1S/C21H26N2O3/c1-22(2)17-6-4-16(5-7-17)21(24)23-14-12-20(13-15-23)26-19-10-8-18(25-3)9-11-19/h4-11,20H,12-15H2,1-3H3. The van der Waals surface area contributed by atoms with Crippen LogP contribution in [0.1, 0.15) is 23.2 Å². The van der Waals surface area contributed by atoms with Crippen LogP contribution in [0, 0.1) is 0 Å². The van der Waals surface area contributed by atoms with Gasteiger partial charge in [0.1, 0.15) is 17.6 Å². The fourth-order valence-electron chi connectivity index (χ4n) is 3.11. The average Bonchev–Trinajstić information content (AvgIpc) is 2.69. The number of hydrogen-bond acceptors (Lipinski definition) is 4. The summed E-state index contributed by atoms with van der Waals surface area (Å²) in [7, 11) is 5.63. The first-order valence-electron chi connectivity index (χ1n) is 8.94. The zero-order valence-corrected chi connectivity index (χ0v) is 15.6. The van der Waals surface area contributed by atoms with Gasteiger partial charge >= 0.3 is 0 Å². The van der Waals surface area contributed by atoms with Crippen molar-refractivity contribution in [3.8, 4) is 11.5 Å². The highest BCUT2D eigenvalue weighted by Crippen LogP contribution is 2.23. The van der Waals surface area contributed by atoms with E-state index in [4.69, 9.17) is 9.47 Å². The maximum atomic E-state index is 12.7. The molecule has 0 aliphatic carbocycles. The zero-order chi connectivity index (χ0) is 18.5. The van der Waals surface area contributed by atoms with E-state index in [9.17, 15) is 4.79 Å². The lowest BCUT2D eigenvalue weighted by atomic mass is 10.1. The number of ether oxygens (including phenoxy) is 2. The number of hydrogen-bond donors (Lipinski definition) is 0. The van der Waals surface area contributed by atoms with E-state index >= 15 is 0 Å². The molecule has 2 aromatic carbocycles. The van der Waals surface area contributed by atoms with Crippen molar-refractivity contribution >= 4 is 11.6 Å². The number of benzene rings is 2. The summed E-state index contributed by atoms with van der Waals surface area (Å²) in [4.78, 5) is 16.6. The van der Waals surface area contributed by atoms with Gasteiger partial charge in [0.2, 0.25) is 0 Å². The Morgan fingerprint density at radius 3 is 2.08 bits per heavy atom. The summed E-state index contributed by atoms with van der Waals surface area (Å²) in [5.74, 6) is 1.76. The maximum absolute atomic E-state index is 12.7. The third kappa shape index (κ3) is 4.28. The molecule has 0 unspecified atom stereocenters. The fraction of sp³-hybridized carbons (Fsp3) is 0.381. The van der Waals surface area contributed by atoms with E-state index in [0.717, 1.165) is 48.7 Å². The van der Waals surface area contributed by atoms with Crippen LogP contribution in [0.2, 0.25) is 0 Å². The van der Waals surface area contributed by atoms with Crippen molar-refractivity contribution in [2.75, 3.05) is 39.2 Å². The van der Waals surface area contributed by atoms with E-state index in [0.29, 0.717) is 0 Å². The largest absolute Gasteiger partial charge is 0.497 e. The second-order valence-corrected chi connectivity index (χ2v) is 6.73. The lowest BCUT2D eigenvalue weighted by molar-refractivity contribution is 0.0595. The number of carbonyl (C=O) groups is 1. The minimum atomic E-state index is 0.0956. The molecule has 1 fully saturated rings.